The Kier molecular flexibility index (Phi) is 11.1. The van der Waals surface area contributed by atoms with Gasteiger partial charge < -0.3 is 29.0 Å². The van der Waals surface area contributed by atoms with E-state index in [2.05, 4.69) is 4.90 Å². The molecule has 3 amide bonds. The Balaban J connectivity index is 1.05. The molecule has 6 atom stereocenters. The van der Waals surface area contributed by atoms with Crippen LogP contribution >= 0.6 is 0 Å². The number of nitro benzene ring substituents is 1. The van der Waals surface area contributed by atoms with Gasteiger partial charge in [0.1, 0.15) is 29.9 Å². The third-order valence-corrected chi connectivity index (χ3v) is 14.1. The van der Waals surface area contributed by atoms with Crippen molar-refractivity contribution in [1.82, 2.24) is 14.7 Å². The lowest BCUT2D eigenvalue weighted by molar-refractivity contribution is -0.384. The van der Waals surface area contributed by atoms with Crippen molar-refractivity contribution in [2.24, 2.45) is 5.92 Å². The molecule has 0 saturated carbocycles. The van der Waals surface area contributed by atoms with Crippen molar-refractivity contribution >= 4 is 35.3 Å². The second-order valence-electron chi connectivity index (χ2n) is 17.8. The van der Waals surface area contributed by atoms with Crippen LogP contribution in [-0.2, 0) is 42.4 Å². The Labute approximate surface area is 395 Å². The van der Waals surface area contributed by atoms with Gasteiger partial charge in [-0.15, -0.1) is 0 Å². The highest BCUT2D eigenvalue weighted by Crippen LogP contribution is 2.66. The zero-order valence-corrected chi connectivity index (χ0v) is 37.0. The second-order valence-corrected chi connectivity index (χ2v) is 17.8. The van der Waals surface area contributed by atoms with Crippen molar-refractivity contribution in [3.05, 3.63) is 195 Å². The summed E-state index contributed by atoms with van der Waals surface area (Å²) in [6.45, 7) is 1.92. The van der Waals surface area contributed by atoms with E-state index in [-0.39, 0.29) is 43.6 Å². The molecule has 1 N–H and O–H groups in total. The number of aromatic hydroxyl groups is 1. The first-order chi connectivity index (χ1) is 33.6. The minimum absolute atomic E-state index is 0.0389. The number of esters is 1. The summed E-state index contributed by atoms with van der Waals surface area (Å²) >= 11 is 0. The molecule has 5 aliphatic heterocycles. The van der Waals surface area contributed by atoms with E-state index < -0.39 is 64.4 Å². The average Bonchev–Trinajstić information content (AvgIpc) is 4.05. The van der Waals surface area contributed by atoms with E-state index in [1.807, 2.05) is 83.8 Å². The van der Waals surface area contributed by atoms with Crippen molar-refractivity contribution in [1.29, 1.82) is 0 Å². The van der Waals surface area contributed by atoms with Crippen LogP contribution in [0.25, 0.3) is 0 Å². The number of phenolic OH excluding ortho intramolecular Hbond substituents is 1. The molecule has 1 spiro atoms. The number of benzene rings is 6. The summed E-state index contributed by atoms with van der Waals surface area (Å²) in [6.07, 6.45) is -1.94. The number of cyclic esters (lactones) is 1. The van der Waals surface area contributed by atoms with Gasteiger partial charge in [0.15, 0.2) is 11.5 Å². The molecule has 0 bridgehead atoms. The molecule has 5 aliphatic rings. The van der Waals surface area contributed by atoms with Crippen LogP contribution < -0.4 is 14.4 Å². The fraction of sp³-hybridized carbons (Fsp3) is 0.245. The van der Waals surface area contributed by atoms with Crippen molar-refractivity contribution < 1.29 is 48.2 Å². The number of nitrogens with zero attached hydrogens (tertiary/aromatic N) is 5. The number of amides is 3. The largest absolute Gasteiger partial charge is 0.508 e. The van der Waals surface area contributed by atoms with E-state index in [1.54, 1.807) is 41.3 Å². The lowest BCUT2D eigenvalue weighted by atomic mass is 9.65. The number of anilines is 1. The molecular formula is C53H45N5O11. The number of phenols is 1. The lowest BCUT2D eigenvalue weighted by Gasteiger charge is -2.46. The molecule has 16 heteroatoms. The number of para-hydroxylation sites is 1. The van der Waals surface area contributed by atoms with Gasteiger partial charge in [-0.05, 0) is 75.8 Å². The Bertz CT molecular complexity index is 2970. The van der Waals surface area contributed by atoms with E-state index in [9.17, 15) is 20.0 Å². The van der Waals surface area contributed by atoms with Crippen LogP contribution in [-0.4, -0.2) is 87.6 Å². The van der Waals surface area contributed by atoms with Gasteiger partial charge in [0.25, 0.3) is 5.69 Å². The van der Waals surface area contributed by atoms with E-state index in [0.717, 1.165) is 16.0 Å². The van der Waals surface area contributed by atoms with E-state index >= 15 is 14.4 Å². The van der Waals surface area contributed by atoms with Gasteiger partial charge in [-0.3, -0.25) is 34.3 Å². The van der Waals surface area contributed by atoms with Gasteiger partial charge in [0, 0.05) is 44.9 Å². The van der Waals surface area contributed by atoms with Crippen LogP contribution in [0.4, 0.5) is 16.2 Å². The topological polar surface area (TPSA) is 182 Å². The minimum Gasteiger partial charge on any atom is -0.508 e. The number of carbonyl (C=O) groups is 4. The standard InChI is InChI=1S/C53H45N5O11/c59-39-22-18-37(19-23-39)48-53(40-13-7-8-14-41(40)56(51(53)62)52(63)66-31-33-15-20-38(21-16-33)58(64)65)44(49(60)55-27-25-54(26-28-55)30-34-17-24-42-43(29-34)68-32-67-42)46-50(61)69-47(36-11-5-2-6-12-36)45(57(46)48)35-9-3-1-4-10-35/h1-24,29,44-48,59H,25-28,30-32H2/t44-,45-,46-,47+,48+,53-/m0/s1. The van der Waals surface area contributed by atoms with Gasteiger partial charge in [-0.1, -0.05) is 97.1 Å². The summed E-state index contributed by atoms with van der Waals surface area (Å²) in [5.41, 5.74) is 1.81. The van der Waals surface area contributed by atoms with E-state index in [1.165, 1.54) is 36.4 Å². The fourth-order valence-corrected chi connectivity index (χ4v) is 11.0. The van der Waals surface area contributed by atoms with Crippen molar-refractivity contribution in [2.75, 3.05) is 37.9 Å². The number of hydrogen-bond acceptors (Lipinski definition) is 13. The quantitative estimate of drug-likeness (QED) is 0.0863. The first kappa shape index (κ1) is 43.5. The zero-order chi connectivity index (χ0) is 47.4. The maximum absolute atomic E-state index is 16.3. The van der Waals surface area contributed by atoms with Gasteiger partial charge in [0.05, 0.1) is 28.6 Å². The number of piperazine rings is 1. The Morgan fingerprint density at radius 2 is 1.38 bits per heavy atom. The van der Waals surface area contributed by atoms with Crippen LogP contribution in [0.5, 0.6) is 17.2 Å². The van der Waals surface area contributed by atoms with Crippen molar-refractivity contribution in [3.63, 3.8) is 0 Å². The normalized spacial score (nSPS) is 23.9. The number of imide groups is 1. The Morgan fingerprint density at radius 3 is 2.09 bits per heavy atom. The molecule has 3 fully saturated rings. The first-order valence-electron chi connectivity index (χ1n) is 22.7. The predicted molar refractivity (Wildman–Crippen MR) is 248 cm³/mol. The van der Waals surface area contributed by atoms with E-state index in [0.29, 0.717) is 53.4 Å². The van der Waals surface area contributed by atoms with Gasteiger partial charge in [0.2, 0.25) is 18.6 Å². The van der Waals surface area contributed by atoms with Crippen LogP contribution in [0.15, 0.2) is 152 Å². The second kappa shape index (κ2) is 17.5. The van der Waals surface area contributed by atoms with Gasteiger partial charge in [-0.2, -0.15) is 0 Å². The molecule has 5 heterocycles. The number of fused-ring (bicyclic) bond motifs is 4. The van der Waals surface area contributed by atoms with E-state index in [4.69, 9.17) is 18.9 Å². The zero-order valence-electron chi connectivity index (χ0n) is 37.0. The lowest BCUT2D eigenvalue weighted by Crippen LogP contribution is -2.59. The molecule has 0 aliphatic carbocycles. The fourth-order valence-electron chi connectivity index (χ4n) is 11.0. The third kappa shape index (κ3) is 7.39. The van der Waals surface area contributed by atoms with Gasteiger partial charge in [-0.25, -0.2) is 9.69 Å². The first-order valence-corrected chi connectivity index (χ1v) is 22.7. The summed E-state index contributed by atoms with van der Waals surface area (Å²) in [4.78, 5) is 80.0. The molecule has 6 aromatic rings. The summed E-state index contributed by atoms with van der Waals surface area (Å²) in [5, 5.41) is 22.1. The van der Waals surface area contributed by atoms with Crippen LogP contribution in [0.2, 0.25) is 0 Å². The van der Waals surface area contributed by atoms with Crippen molar-refractivity contribution in [2.45, 2.75) is 42.8 Å². The van der Waals surface area contributed by atoms with Crippen molar-refractivity contribution in [3.8, 4) is 17.2 Å². The molecule has 348 valence electrons. The molecular weight excluding hydrogens is 883 g/mol. The van der Waals surface area contributed by atoms with Gasteiger partial charge >= 0.3 is 12.1 Å². The summed E-state index contributed by atoms with van der Waals surface area (Å²) < 4.78 is 23.5. The Hall–Kier alpha value is -8.08. The van der Waals surface area contributed by atoms with Crippen LogP contribution in [0, 0.1) is 16.0 Å². The predicted octanol–water partition coefficient (Wildman–Crippen LogP) is 7.38. The monoisotopic (exact) mass is 927 g/mol. The maximum atomic E-state index is 16.3. The summed E-state index contributed by atoms with van der Waals surface area (Å²) in [7, 11) is 0. The molecule has 16 nitrogen and oxygen atoms in total. The van der Waals surface area contributed by atoms with Crippen LogP contribution in [0.1, 0.15) is 51.6 Å². The number of ether oxygens (including phenoxy) is 4. The summed E-state index contributed by atoms with van der Waals surface area (Å²) in [6, 6.07) is 40.1. The molecule has 6 aromatic carbocycles. The molecule has 69 heavy (non-hydrogen) atoms. The maximum Gasteiger partial charge on any atom is 0.421 e. The minimum atomic E-state index is -1.97. The highest BCUT2D eigenvalue weighted by atomic mass is 16.7. The molecule has 0 unspecified atom stereocenters. The Morgan fingerprint density at radius 1 is 0.725 bits per heavy atom. The molecule has 0 radical (unpaired) electrons. The number of carbonyl (C=O) groups excluding carboxylic acids is 4. The SMILES string of the molecule is O=C1O[C@H](c2ccccc2)[C@H](c2ccccc2)N2[C@H]1[C@@H](C(=O)N1CCN(Cc3ccc4c(c3)OCO4)CC1)[C@]1(C(=O)N(C(=O)OCc3ccc([N+](=O)[O-])cc3)c3ccccc31)[C@H]2c1ccc(O)cc1. The number of rotatable bonds is 9. The highest BCUT2D eigenvalue weighted by molar-refractivity contribution is 6.23. The molecule has 3 saturated heterocycles. The molecule has 11 rings (SSSR count). The highest BCUT2D eigenvalue weighted by Gasteiger charge is 2.76. The van der Waals surface area contributed by atoms with Crippen LogP contribution in [0.3, 0.4) is 0 Å². The number of nitro groups is 1. The molecule has 0 aromatic heterocycles. The number of non-ortho nitro benzene ring substituents is 1. The third-order valence-electron chi connectivity index (χ3n) is 14.1. The smallest absolute Gasteiger partial charge is 0.421 e. The average molecular weight is 928 g/mol. The number of hydrogen-bond donors (Lipinski definition) is 1. The number of morpholine rings is 1. The summed E-state index contributed by atoms with van der Waals surface area (Å²) in [5.74, 6) is -2.07.